The summed E-state index contributed by atoms with van der Waals surface area (Å²) in [6, 6.07) is 0. The maximum atomic E-state index is 14.5. The molecular formula is C33H47F3N2O2. The molecule has 4 nitrogen and oxygen atoms in total. The zero-order valence-electron chi connectivity index (χ0n) is 25.4. The Bertz CT molecular complexity index is 1180. The predicted octanol–water partition coefficient (Wildman–Crippen LogP) is 7.79. The Balaban J connectivity index is 1.57. The number of fused-ring (bicyclic) bond motifs is 7. The van der Waals surface area contributed by atoms with Crippen molar-refractivity contribution in [3.63, 3.8) is 0 Å². The maximum absolute atomic E-state index is 14.5. The van der Waals surface area contributed by atoms with Crippen molar-refractivity contribution in [1.82, 2.24) is 5.32 Å². The van der Waals surface area contributed by atoms with Gasteiger partial charge in [-0.15, -0.1) is 0 Å². The van der Waals surface area contributed by atoms with Crippen molar-refractivity contribution in [2.75, 3.05) is 13.1 Å². The lowest BCUT2D eigenvalue weighted by Crippen LogP contribution is -2.69. The van der Waals surface area contributed by atoms with Gasteiger partial charge in [0.1, 0.15) is 5.78 Å². The molecule has 4 saturated carbocycles. The van der Waals surface area contributed by atoms with Gasteiger partial charge in [-0.2, -0.15) is 13.2 Å². The van der Waals surface area contributed by atoms with Crippen LogP contribution in [0, 0.1) is 62.7 Å². The number of alkyl halides is 3. The Morgan fingerprint density at radius 3 is 2.23 bits per heavy atom. The Morgan fingerprint density at radius 1 is 0.950 bits per heavy atom. The maximum Gasteiger partial charge on any atom is 0.401 e. The van der Waals surface area contributed by atoms with Crippen molar-refractivity contribution in [1.29, 1.82) is 0 Å². The van der Waals surface area contributed by atoms with Gasteiger partial charge in [-0.3, -0.25) is 4.79 Å². The molecule has 0 saturated heterocycles. The normalized spacial score (nSPS) is 45.8. The number of hydrogen-bond donors (Lipinski definition) is 1. The summed E-state index contributed by atoms with van der Waals surface area (Å²) in [5.41, 5.74) is -1.62. The average Bonchev–Trinajstić information content (AvgIpc) is 2.82. The van der Waals surface area contributed by atoms with Gasteiger partial charge < -0.3 is 10.1 Å². The third-order valence-electron chi connectivity index (χ3n) is 13.4. The van der Waals surface area contributed by atoms with Gasteiger partial charge in [0.2, 0.25) is 5.70 Å². The molecule has 8 atom stereocenters. The lowest BCUT2D eigenvalue weighted by Gasteiger charge is -2.72. The van der Waals surface area contributed by atoms with Gasteiger partial charge in [-0.1, -0.05) is 54.5 Å². The molecule has 5 aliphatic carbocycles. The quantitative estimate of drug-likeness (QED) is 0.359. The summed E-state index contributed by atoms with van der Waals surface area (Å²) in [5.74, 6) is 0.110. The summed E-state index contributed by atoms with van der Waals surface area (Å²) in [4.78, 5) is 31.4. The molecule has 222 valence electrons. The van der Waals surface area contributed by atoms with Gasteiger partial charge in [-0.05, 0) is 89.8 Å². The van der Waals surface area contributed by atoms with Crippen molar-refractivity contribution in [2.45, 2.75) is 106 Å². The van der Waals surface area contributed by atoms with Crippen molar-refractivity contribution in [2.24, 2.45) is 56.2 Å². The number of halogens is 3. The van der Waals surface area contributed by atoms with Crippen LogP contribution in [0.1, 0.15) is 99.8 Å². The fraction of sp³-hybridized carbons (Fsp3) is 0.848. The van der Waals surface area contributed by atoms with E-state index >= 15 is 0 Å². The van der Waals surface area contributed by atoms with Gasteiger partial charge >= 0.3 is 6.18 Å². The molecule has 0 heterocycles. The molecule has 0 radical (unpaired) electrons. The van der Waals surface area contributed by atoms with E-state index in [1.165, 1.54) is 0 Å². The molecule has 5 rings (SSSR count). The number of hydrogen-bond acceptors (Lipinski definition) is 3. The van der Waals surface area contributed by atoms with Crippen LogP contribution < -0.4 is 5.32 Å². The van der Waals surface area contributed by atoms with Crippen molar-refractivity contribution < 1.29 is 22.8 Å². The molecule has 0 spiro atoms. The van der Waals surface area contributed by atoms with E-state index in [0.29, 0.717) is 13.0 Å². The lowest BCUT2D eigenvalue weighted by atomic mass is 9.31. The lowest BCUT2D eigenvalue weighted by molar-refractivity contribution is -0.222. The minimum Gasteiger partial charge on any atom is -0.308 e. The molecule has 0 aromatic heterocycles. The van der Waals surface area contributed by atoms with Crippen LogP contribution in [-0.4, -0.2) is 30.8 Å². The second-order valence-electron chi connectivity index (χ2n) is 16.2. The highest BCUT2D eigenvalue weighted by molar-refractivity contribution is 6.02. The van der Waals surface area contributed by atoms with Crippen LogP contribution in [0.2, 0.25) is 0 Å². The summed E-state index contributed by atoms with van der Waals surface area (Å²) in [6.07, 6.45) is 4.19. The third kappa shape index (κ3) is 4.08. The summed E-state index contributed by atoms with van der Waals surface area (Å²) >= 11 is 0. The van der Waals surface area contributed by atoms with E-state index in [0.717, 1.165) is 44.9 Å². The number of carbonyl (C=O) groups excluding carboxylic acids is 2. The van der Waals surface area contributed by atoms with Gasteiger partial charge in [0.25, 0.3) is 0 Å². The highest BCUT2D eigenvalue weighted by atomic mass is 19.4. The zero-order valence-corrected chi connectivity index (χ0v) is 25.4. The molecular weight excluding hydrogens is 513 g/mol. The van der Waals surface area contributed by atoms with Gasteiger partial charge in [0.15, 0.2) is 5.78 Å². The number of carbonyl (C=O) groups is 2. The van der Waals surface area contributed by atoms with E-state index in [1.54, 1.807) is 0 Å². The fourth-order valence-electron chi connectivity index (χ4n) is 11.1. The van der Waals surface area contributed by atoms with Crippen LogP contribution in [0.4, 0.5) is 13.2 Å². The van der Waals surface area contributed by atoms with Crippen molar-refractivity contribution in [3.05, 3.63) is 23.2 Å². The second-order valence-corrected chi connectivity index (χ2v) is 16.2. The summed E-state index contributed by atoms with van der Waals surface area (Å²) in [5, 5.41) is 2.76. The number of nitrogens with one attached hydrogen (secondary N) is 1. The van der Waals surface area contributed by atoms with E-state index in [-0.39, 0.29) is 62.6 Å². The fourth-order valence-corrected chi connectivity index (χ4v) is 11.1. The SMILES string of the molecule is [C-]#[N+]C1=C[C@]2(C)[C@H]3CC(=O)[C@@H]4[C@@H]5CC(C)(C)CC[C@]5(CNCC(F)(F)F)CC[C@@]4(C)[C@]3(C)CC[C@H]2C(C)(C)C1=O. The van der Waals surface area contributed by atoms with Crippen LogP contribution in [0.3, 0.4) is 0 Å². The molecule has 0 bridgehead atoms. The van der Waals surface area contributed by atoms with Crippen molar-refractivity contribution >= 4 is 11.6 Å². The highest BCUT2D eigenvalue weighted by Gasteiger charge is 2.72. The van der Waals surface area contributed by atoms with E-state index in [4.69, 9.17) is 6.57 Å². The van der Waals surface area contributed by atoms with E-state index < -0.39 is 23.6 Å². The van der Waals surface area contributed by atoms with Gasteiger partial charge in [0.05, 0.1) is 13.1 Å². The third-order valence-corrected chi connectivity index (χ3v) is 13.4. The summed E-state index contributed by atoms with van der Waals surface area (Å²) in [7, 11) is 0. The summed E-state index contributed by atoms with van der Waals surface area (Å²) < 4.78 is 39.4. The molecule has 0 aromatic carbocycles. The molecule has 0 aliphatic heterocycles. The van der Waals surface area contributed by atoms with Crippen LogP contribution in [0.25, 0.3) is 4.85 Å². The van der Waals surface area contributed by atoms with Crippen LogP contribution in [-0.2, 0) is 9.59 Å². The second kappa shape index (κ2) is 8.91. The largest absolute Gasteiger partial charge is 0.401 e. The first-order valence-electron chi connectivity index (χ1n) is 15.2. The topological polar surface area (TPSA) is 50.5 Å². The minimum atomic E-state index is -4.26. The Hall–Kier alpha value is -1.68. The standard InChI is InChI=1S/C33H47F3N2O2/c1-27(2)11-13-32(18-38-19-33(34,35)36)14-12-31(7)25(20(32)16-27)22(39)15-24-29(5)17-21(37-8)26(40)28(3,4)23(29)9-10-30(24,31)6/h17,20,23-25,38H,9-16,18-19H2,1-7H3/t20-,23-,24+,25-,29-,30+,31+,32+/m0/s1. The molecule has 0 aromatic rings. The number of nitrogens with zero attached hydrogens (tertiary/aromatic N) is 1. The molecule has 7 heteroatoms. The number of allylic oxidation sites excluding steroid dienone is 2. The van der Waals surface area contributed by atoms with Gasteiger partial charge in [0, 0.05) is 24.3 Å². The number of Topliss-reactive ketones (excluding diaryl/α,β-unsaturated/α-hetero) is 2. The molecule has 40 heavy (non-hydrogen) atoms. The molecule has 0 amide bonds. The van der Waals surface area contributed by atoms with Gasteiger partial charge in [-0.25, -0.2) is 4.85 Å². The monoisotopic (exact) mass is 560 g/mol. The van der Waals surface area contributed by atoms with Crippen molar-refractivity contribution in [3.8, 4) is 0 Å². The van der Waals surface area contributed by atoms with E-state index in [9.17, 15) is 22.8 Å². The number of rotatable bonds is 3. The van der Waals surface area contributed by atoms with E-state index in [1.807, 2.05) is 19.9 Å². The Labute approximate surface area is 238 Å². The van der Waals surface area contributed by atoms with Crippen LogP contribution >= 0.6 is 0 Å². The first-order valence-corrected chi connectivity index (χ1v) is 15.2. The predicted molar refractivity (Wildman–Crippen MR) is 149 cm³/mol. The van der Waals surface area contributed by atoms with E-state index in [2.05, 4.69) is 44.8 Å². The smallest absolute Gasteiger partial charge is 0.308 e. The summed E-state index contributed by atoms with van der Waals surface area (Å²) in [6.45, 7) is 22.3. The highest BCUT2D eigenvalue weighted by Crippen LogP contribution is 2.75. The Kier molecular flexibility index (Phi) is 6.64. The zero-order chi connectivity index (χ0) is 29.7. The van der Waals surface area contributed by atoms with Crippen LogP contribution in [0.5, 0.6) is 0 Å². The molecule has 4 fully saturated rings. The first kappa shape index (κ1) is 29.8. The minimum absolute atomic E-state index is 0.0177. The number of ketones is 2. The molecule has 1 N–H and O–H groups in total. The molecule has 0 unspecified atom stereocenters. The average molecular weight is 561 g/mol. The molecule has 5 aliphatic rings. The Morgan fingerprint density at radius 2 is 1.60 bits per heavy atom. The van der Waals surface area contributed by atoms with Crippen LogP contribution in [0.15, 0.2) is 11.8 Å². The first-order chi connectivity index (χ1) is 18.3.